The number of hydrogen-bond donors (Lipinski definition) is 1. The molecular weight excluding hydrogens is 250 g/mol. The molecule has 0 saturated carbocycles. The van der Waals surface area contributed by atoms with E-state index in [2.05, 4.69) is 31.2 Å². The molecule has 1 N–H and O–H groups in total. The highest BCUT2D eigenvalue weighted by Gasteiger charge is 2.36. The van der Waals surface area contributed by atoms with Crippen molar-refractivity contribution in [1.29, 1.82) is 0 Å². The second-order valence-electron chi connectivity index (χ2n) is 4.74. The van der Waals surface area contributed by atoms with Crippen molar-refractivity contribution in [1.82, 2.24) is 4.90 Å². The van der Waals surface area contributed by atoms with Gasteiger partial charge in [-0.15, -0.1) is 0 Å². The van der Waals surface area contributed by atoms with E-state index >= 15 is 0 Å². The van der Waals surface area contributed by atoms with Gasteiger partial charge in [-0.25, -0.2) is 0 Å². The molecule has 20 heavy (non-hydrogen) atoms. The van der Waals surface area contributed by atoms with Crippen molar-refractivity contribution < 1.29 is 9.90 Å². The van der Waals surface area contributed by atoms with Gasteiger partial charge in [0.2, 0.25) is 5.91 Å². The van der Waals surface area contributed by atoms with Crippen LogP contribution < -0.4 is 0 Å². The van der Waals surface area contributed by atoms with Crippen LogP contribution in [0.5, 0.6) is 0 Å². The number of aliphatic hydroxyl groups is 1. The lowest BCUT2D eigenvalue weighted by molar-refractivity contribution is -0.142. The molecule has 0 radical (unpaired) electrons. The Balaban J connectivity index is 0.000000327. The number of likely N-dealkylation sites (tertiary alicyclic amines) is 1. The predicted molar refractivity (Wildman–Crippen MR) is 84.6 cm³/mol. The van der Waals surface area contributed by atoms with Crippen molar-refractivity contribution in [3.63, 3.8) is 0 Å². The molecule has 0 bridgehead atoms. The Morgan fingerprint density at radius 2 is 1.85 bits per heavy atom. The average Bonchev–Trinajstić information content (AvgIpc) is 2.48. The molecule has 2 rings (SSSR count). The molecule has 1 heterocycles. The highest BCUT2D eigenvalue weighted by atomic mass is 16.3. The lowest BCUT2D eigenvalue weighted by Gasteiger charge is -2.45. The third kappa shape index (κ3) is 5.74. The first-order chi connectivity index (χ1) is 9.60. The first kappa shape index (κ1) is 18.7. The quantitative estimate of drug-likeness (QED) is 0.903. The zero-order valence-electron chi connectivity index (χ0n) is 13.5. The zero-order valence-corrected chi connectivity index (χ0v) is 13.5. The summed E-state index contributed by atoms with van der Waals surface area (Å²) in [5.74, 6) is 0.533. The monoisotopic (exact) mass is 279 g/mol. The van der Waals surface area contributed by atoms with Crippen molar-refractivity contribution in [2.24, 2.45) is 5.92 Å². The Kier molecular flexibility index (Phi) is 9.73. The summed E-state index contributed by atoms with van der Waals surface area (Å²) in [5, 5.41) is 8.78. The fourth-order valence-electron chi connectivity index (χ4n) is 2.09. The van der Waals surface area contributed by atoms with Gasteiger partial charge in [0.15, 0.2) is 0 Å². The standard InChI is InChI=1S/C8H10.C7H13NO2.C2H6/c1-2-8-6-4-3-5-7-8;1-5-3-8(6(2)10)7(5)4-9;1-2/h3-7H,2H2,1H3;5,7,9H,3-4H2,1-2H3;1-2H3. The number of benzene rings is 1. The van der Waals surface area contributed by atoms with E-state index in [0.717, 1.165) is 13.0 Å². The summed E-state index contributed by atoms with van der Waals surface area (Å²) in [7, 11) is 0. The SMILES string of the molecule is CC.CC(=O)N1CC(C)C1CO.CCc1ccccc1. The third-order valence-electron chi connectivity index (χ3n) is 3.38. The van der Waals surface area contributed by atoms with E-state index < -0.39 is 0 Å². The van der Waals surface area contributed by atoms with E-state index in [4.69, 9.17) is 5.11 Å². The molecule has 1 aromatic carbocycles. The minimum Gasteiger partial charge on any atom is -0.394 e. The molecular formula is C17H29NO2. The van der Waals surface area contributed by atoms with Crippen LogP contribution in [0.2, 0.25) is 0 Å². The first-order valence-corrected chi connectivity index (χ1v) is 7.52. The molecule has 3 heteroatoms. The van der Waals surface area contributed by atoms with Gasteiger partial charge in [-0.1, -0.05) is 58.0 Å². The van der Waals surface area contributed by atoms with Crippen molar-refractivity contribution in [3.05, 3.63) is 35.9 Å². The summed E-state index contributed by atoms with van der Waals surface area (Å²) in [4.78, 5) is 12.5. The fourth-order valence-corrected chi connectivity index (χ4v) is 2.09. The number of aliphatic hydroxyl groups excluding tert-OH is 1. The van der Waals surface area contributed by atoms with E-state index in [0.29, 0.717) is 5.92 Å². The maximum Gasteiger partial charge on any atom is 0.219 e. The Morgan fingerprint density at radius 1 is 1.30 bits per heavy atom. The van der Waals surface area contributed by atoms with Crippen LogP contribution in [0.15, 0.2) is 30.3 Å². The highest BCUT2D eigenvalue weighted by molar-refractivity contribution is 5.74. The van der Waals surface area contributed by atoms with Crippen molar-refractivity contribution in [3.8, 4) is 0 Å². The van der Waals surface area contributed by atoms with Gasteiger partial charge < -0.3 is 10.0 Å². The normalized spacial score (nSPS) is 19.8. The summed E-state index contributed by atoms with van der Waals surface area (Å²) in [6.45, 7) is 10.6. The van der Waals surface area contributed by atoms with Gasteiger partial charge in [-0.2, -0.15) is 0 Å². The Bertz CT molecular complexity index is 365. The topological polar surface area (TPSA) is 40.5 Å². The molecule has 1 aliphatic rings. The molecule has 2 unspecified atom stereocenters. The van der Waals surface area contributed by atoms with E-state index in [1.54, 1.807) is 4.90 Å². The molecule has 0 spiro atoms. The van der Waals surface area contributed by atoms with E-state index in [1.807, 2.05) is 26.8 Å². The Morgan fingerprint density at radius 3 is 2.10 bits per heavy atom. The fraction of sp³-hybridized carbons (Fsp3) is 0.588. The molecule has 0 aliphatic carbocycles. The minimum atomic E-state index is 0.0668. The molecule has 3 nitrogen and oxygen atoms in total. The summed E-state index contributed by atoms with van der Waals surface area (Å²) in [6.07, 6.45) is 1.14. The minimum absolute atomic E-state index is 0.0668. The number of carbonyl (C=O) groups is 1. The summed E-state index contributed by atoms with van der Waals surface area (Å²) < 4.78 is 0. The molecule has 1 fully saturated rings. The van der Waals surface area contributed by atoms with Gasteiger partial charge in [0, 0.05) is 13.5 Å². The summed E-state index contributed by atoms with van der Waals surface area (Å²) in [6, 6.07) is 10.5. The second kappa shape index (κ2) is 10.4. The maximum absolute atomic E-state index is 10.8. The largest absolute Gasteiger partial charge is 0.394 e. The number of amides is 1. The molecule has 1 aromatic rings. The average molecular weight is 279 g/mol. The van der Waals surface area contributed by atoms with Crippen LogP contribution in [-0.4, -0.2) is 35.1 Å². The van der Waals surface area contributed by atoms with Crippen molar-refractivity contribution in [2.75, 3.05) is 13.2 Å². The van der Waals surface area contributed by atoms with Gasteiger partial charge in [0.25, 0.3) is 0 Å². The van der Waals surface area contributed by atoms with Gasteiger partial charge in [-0.05, 0) is 17.9 Å². The van der Waals surface area contributed by atoms with Crippen LogP contribution in [0.1, 0.15) is 40.2 Å². The van der Waals surface area contributed by atoms with Crippen LogP contribution in [0.25, 0.3) is 0 Å². The number of carbonyl (C=O) groups excluding carboxylic acids is 1. The molecule has 1 saturated heterocycles. The molecule has 1 aliphatic heterocycles. The number of aryl methyl sites for hydroxylation is 1. The summed E-state index contributed by atoms with van der Waals surface area (Å²) in [5.41, 5.74) is 1.41. The van der Waals surface area contributed by atoms with Gasteiger partial charge in [-0.3, -0.25) is 4.79 Å². The molecule has 114 valence electrons. The zero-order chi connectivity index (χ0) is 15.5. The van der Waals surface area contributed by atoms with Gasteiger partial charge >= 0.3 is 0 Å². The number of hydrogen-bond acceptors (Lipinski definition) is 2. The molecule has 2 atom stereocenters. The second-order valence-corrected chi connectivity index (χ2v) is 4.74. The number of rotatable bonds is 2. The Labute approximate surface area is 123 Å². The van der Waals surface area contributed by atoms with Crippen LogP contribution in [-0.2, 0) is 11.2 Å². The lowest BCUT2D eigenvalue weighted by atomic mass is 9.91. The third-order valence-corrected chi connectivity index (χ3v) is 3.38. The predicted octanol–water partition coefficient (Wildman–Crippen LogP) is 3.12. The van der Waals surface area contributed by atoms with Crippen molar-refractivity contribution >= 4 is 5.91 Å². The van der Waals surface area contributed by atoms with Crippen molar-refractivity contribution in [2.45, 2.75) is 47.1 Å². The first-order valence-electron chi connectivity index (χ1n) is 7.52. The van der Waals surface area contributed by atoms with E-state index in [1.165, 1.54) is 12.5 Å². The maximum atomic E-state index is 10.8. The summed E-state index contributed by atoms with van der Waals surface area (Å²) >= 11 is 0. The van der Waals surface area contributed by atoms with Crippen LogP contribution >= 0.6 is 0 Å². The van der Waals surface area contributed by atoms with E-state index in [9.17, 15) is 4.79 Å². The van der Waals surface area contributed by atoms with Crippen LogP contribution in [0, 0.1) is 5.92 Å². The van der Waals surface area contributed by atoms with Crippen LogP contribution in [0.3, 0.4) is 0 Å². The lowest BCUT2D eigenvalue weighted by Crippen LogP contribution is -2.58. The van der Waals surface area contributed by atoms with E-state index in [-0.39, 0.29) is 18.6 Å². The van der Waals surface area contributed by atoms with Gasteiger partial charge in [0.1, 0.15) is 0 Å². The van der Waals surface area contributed by atoms with Crippen LogP contribution in [0.4, 0.5) is 0 Å². The number of nitrogens with zero attached hydrogens (tertiary/aromatic N) is 1. The molecule has 1 amide bonds. The molecule has 0 aromatic heterocycles. The highest BCUT2D eigenvalue weighted by Crippen LogP contribution is 2.23. The van der Waals surface area contributed by atoms with Gasteiger partial charge in [0.05, 0.1) is 12.6 Å². The smallest absolute Gasteiger partial charge is 0.219 e. The Hall–Kier alpha value is -1.35.